The fraction of sp³-hybridized carbons (Fsp3) is 0.500. The summed E-state index contributed by atoms with van der Waals surface area (Å²) in [5.74, 6) is 0.300. The Morgan fingerprint density at radius 1 is 1.44 bits per heavy atom. The third kappa shape index (κ3) is 2.38. The molecule has 1 aromatic carbocycles. The standard InChI is InChI=1S/C12H15BrFNO/c13-10-3-2-9(14)8-11(10)16-12(6-7-15)4-1-5-12/h2-3,8H,1,4-7,15H2. The van der Waals surface area contributed by atoms with Crippen LogP contribution in [0.15, 0.2) is 22.7 Å². The Morgan fingerprint density at radius 2 is 2.19 bits per heavy atom. The molecule has 0 spiro atoms. The van der Waals surface area contributed by atoms with Crippen molar-refractivity contribution in [1.82, 2.24) is 0 Å². The zero-order valence-corrected chi connectivity index (χ0v) is 10.6. The van der Waals surface area contributed by atoms with Gasteiger partial charge in [0, 0.05) is 6.07 Å². The molecule has 4 heteroatoms. The van der Waals surface area contributed by atoms with Crippen molar-refractivity contribution in [2.24, 2.45) is 5.73 Å². The lowest BCUT2D eigenvalue weighted by atomic mass is 9.77. The monoisotopic (exact) mass is 287 g/mol. The van der Waals surface area contributed by atoms with Crippen LogP contribution < -0.4 is 10.5 Å². The lowest BCUT2D eigenvalue weighted by Crippen LogP contribution is -2.44. The van der Waals surface area contributed by atoms with Crippen LogP contribution in [-0.4, -0.2) is 12.1 Å². The van der Waals surface area contributed by atoms with Crippen molar-refractivity contribution in [2.75, 3.05) is 6.54 Å². The van der Waals surface area contributed by atoms with E-state index in [1.807, 2.05) is 0 Å². The first-order chi connectivity index (χ1) is 7.65. The van der Waals surface area contributed by atoms with Crippen molar-refractivity contribution in [2.45, 2.75) is 31.3 Å². The van der Waals surface area contributed by atoms with Gasteiger partial charge in [0.15, 0.2) is 0 Å². The van der Waals surface area contributed by atoms with Gasteiger partial charge in [0.25, 0.3) is 0 Å². The number of rotatable bonds is 4. The van der Waals surface area contributed by atoms with Crippen molar-refractivity contribution in [3.63, 3.8) is 0 Å². The van der Waals surface area contributed by atoms with E-state index < -0.39 is 0 Å². The van der Waals surface area contributed by atoms with E-state index in [4.69, 9.17) is 10.5 Å². The largest absolute Gasteiger partial charge is 0.486 e. The van der Waals surface area contributed by atoms with E-state index in [0.717, 1.165) is 30.2 Å². The highest BCUT2D eigenvalue weighted by molar-refractivity contribution is 9.10. The lowest BCUT2D eigenvalue weighted by molar-refractivity contribution is -0.0133. The number of halogens is 2. The van der Waals surface area contributed by atoms with Gasteiger partial charge >= 0.3 is 0 Å². The van der Waals surface area contributed by atoms with E-state index in [1.54, 1.807) is 6.07 Å². The first-order valence-corrected chi connectivity index (χ1v) is 6.29. The molecule has 0 atom stereocenters. The molecule has 88 valence electrons. The van der Waals surface area contributed by atoms with Crippen LogP contribution in [0.3, 0.4) is 0 Å². The zero-order valence-electron chi connectivity index (χ0n) is 9.01. The first kappa shape index (κ1) is 11.9. The Labute approximate surface area is 103 Å². The van der Waals surface area contributed by atoms with E-state index in [1.165, 1.54) is 12.1 Å². The van der Waals surface area contributed by atoms with E-state index in [2.05, 4.69) is 15.9 Å². The summed E-state index contributed by atoms with van der Waals surface area (Å²) >= 11 is 3.36. The topological polar surface area (TPSA) is 35.2 Å². The third-order valence-corrected chi connectivity index (χ3v) is 3.74. The molecule has 2 nitrogen and oxygen atoms in total. The van der Waals surface area contributed by atoms with Crippen LogP contribution >= 0.6 is 15.9 Å². The van der Waals surface area contributed by atoms with Gasteiger partial charge in [0.2, 0.25) is 0 Å². The predicted molar refractivity (Wildman–Crippen MR) is 65.0 cm³/mol. The van der Waals surface area contributed by atoms with Crippen LogP contribution in [0.4, 0.5) is 4.39 Å². The molecule has 1 fully saturated rings. The molecule has 2 N–H and O–H groups in total. The maximum atomic E-state index is 13.1. The smallest absolute Gasteiger partial charge is 0.137 e. The highest BCUT2D eigenvalue weighted by Gasteiger charge is 2.38. The summed E-state index contributed by atoms with van der Waals surface area (Å²) in [5, 5.41) is 0. The van der Waals surface area contributed by atoms with Crippen molar-refractivity contribution in [3.05, 3.63) is 28.5 Å². The van der Waals surface area contributed by atoms with Gasteiger partial charge in [-0.15, -0.1) is 0 Å². The number of hydrogen-bond donors (Lipinski definition) is 1. The Bertz CT molecular complexity index is 379. The van der Waals surface area contributed by atoms with Gasteiger partial charge in [0.1, 0.15) is 17.2 Å². The molecular weight excluding hydrogens is 273 g/mol. The van der Waals surface area contributed by atoms with Gasteiger partial charge in [-0.3, -0.25) is 0 Å². The summed E-state index contributed by atoms with van der Waals surface area (Å²) < 4.78 is 19.8. The third-order valence-electron chi connectivity index (χ3n) is 3.08. The molecule has 1 aliphatic rings. The minimum absolute atomic E-state index is 0.162. The van der Waals surface area contributed by atoms with Gasteiger partial charge < -0.3 is 10.5 Å². The molecule has 0 saturated heterocycles. The number of benzene rings is 1. The minimum Gasteiger partial charge on any atom is -0.486 e. The van der Waals surface area contributed by atoms with E-state index in [-0.39, 0.29) is 11.4 Å². The maximum absolute atomic E-state index is 13.1. The molecule has 1 aromatic rings. The summed E-state index contributed by atoms with van der Waals surface area (Å²) in [7, 11) is 0. The number of nitrogens with two attached hydrogens (primary N) is 1. The highest BCUT2D eigenvalue weighted by Crippen LogP contribution is 2.41. The molecule has 0 heterocycles. The van der Waals surface area contributed by atoms with Gasteiger partial charge in [-0.2, -0.15) is 0 Å². The van der Waals surface area contributed by atoms with Crippen LogP contribution in [-0.2, 0) is 0 Å². The molecule has 16 heavy (non-hydrogen) atoms. The summed E-state index contributed by atoms with van der Waals surface area (Å²) in [4.78, 5) is 0. The summed E-state index contributed by atoms with van der Waals surface area (Å²) in [6, 6.07) is 4.49. The Hall–Kier alpha value is -0.610. The number of hydrogen-bond acceptors (Lipinski definition) is 2. The SMILES string of the molecule is NCCC1(Oc2cc(F)ccc2Br)CCC1. The van der Waals surface area contributed by atoms with Crippen molar-refractivity contribution in [1.29, 1.82) is 0 Å². The van der Waals surface area contributed by atoms with Crippen LogP contribution in [0.25, 0.3) is 0 Å². The number of ether oxygens (including phenoxy) is 1. The van der Waals surface area contributed by atoms with Gasteiger partial charge in [-0.25, -0.2) is 4.39 Å². The van der Waals surface area contributed by atoms with Crippen LogP contribution in [0.2, 0.25) is 0 Å². The second-order valence-corrected chi connectivity index (χ2v) is 5.11. The maximum Gasteiger partial charge on any atom is 0.137 e. The van der Waals surface area contributed by atoms with E-state index in [0.29, 0.717) is 12.3 Å². The molecule has 1 aliphatic carbocycles. The molecule has 2 rings (SSSR count). The van der Waals surface area contributed by atoms with Gasteiger partial charge in [0.05, 0.1) is 4.47 Å². The highest BCUT2D eigenvalue weighted by atomic mass is 79.9. The van der Waals surface area contributed by atoms with E-state index >= 15 is 0 Å². The first-order valence-electron chi connectivity index (χ1n) is 5.49. The summed E-state index contributed by atoms with van der Waals surface area (Å²) in [6.07, 6.45) is 4.00. The van der Waals surface area contributed by atoms with Crippen LogP contribution in [0, 0.1) is 5.82 Å². The molecule has 0 amide bonds. The van der Waals surface area contributed by atoms with Crippen molar-refractivity contribution in [3.8, 4) is 5.75 Å². The van der Waals surface area contributed by atoms with Crippen molar-refractivity contribution >= 4 is 15.9 Å². The zero-order chi connectivity index (χ0) is 11.6. The molecule has 0 radical (unpaired) electrons. The molecule has 0 aromatic heterocycles. The predicted octanol–water partition coefficient (Wildman–Crippen LogP) is 3.24. The fourth-order valence-corrected chi connectivity index (χ4v) is 2.35. The van der Waals surface area contributed by atoms with Crippen molar-refractivity contribution < 1.29 is 9.13 Å². The fourth-order valence-electron chi connectivity index (χ4n) is 2.03. The molecule has 0 bridgehead atoms. The van der Waals surface area contributed by atoms with Gasteiger partial charge in [-0.05, 0) is 60.3 Å². The second-order valence-electron chi connectivity index (χ2n) is 4.25. The quantitative estimate of drug-likeness (QED) is 0.923. The molecule has 0 aliphatic heterocycles. The normalized spacial score (nSPS) is 17.9. The van der Waals surface area contributed by atoms with Gasteiger partial charge in [-0.1, -0.05) is 0 Å². The molecule has 1 saturated carbocycles. The average molecular weight is 288 g/mol. The molecular formula is C12H15BrFNO. The summed E-state index contributed by atoms with van der Waals surface area (Å²) in [5.41, 5.74) is 5.42. The average Bonchev–Trinajstić information content (AvgIpc) is 2.20. The van der Waals surface area contributed by atoms with E-state index in [9.17, 15) is 4.39 Å². The Balaban J connectivity index is 2.15. The molecule has 0 unspecified atom stereocenters. The Kier molecular flexibility index (Phi) is 3.50. The second kappa shape index (κ2) is 4.72. The van der Waals surface area contributed by atoms with Crippen LogP contribution in [0.1, 0.15) is 25.7 Å². The minimum atomic E-state index is -0.277. The Morgan fingerprint density at radius 3 is 2.75 bits per heavy atom. The lowest BCUT2D eigenvalue weighted by Gasteiger charge is -2.42. The summed E-state index contributed by atoms with van der Waals surface area (Å²) in [6.45, 7) is 0.604. The van der Waals surface area contributed by atoms with Crippen LogP contribution in [0.5, 0.6) is 5.75 Å².